The van der Waals surface area contributed by atoms with Crippen molar-refractivity contribution in [2.24, 2.45) is 5.16 Å². The number of carbonyl (C=O) groups excluding carboxylic acids is 1. The van der Waals surface area contributed by atoms with E-state index in [9.17, 15) is 9.18 Å². The van der Waals surface area contributed by atoms with Crippen LogP contribution < -0.4 is 0 Å². The zero-order chi connectivity index (χ0) is 22.3. The molecule has 6 heteroatoms. The van der Waals surface area contributed by atoms with Crippen LogP contribution in [0.1, 0.15) is 55.0 Å². The number of halogens is 1. The van der Waals surface area contributed by atoms with Gasteiger partial charge in [0.25, 0.3) is 0 Å². The number of benzene rings is 1. The van der Waals surface area contributed by atoms with Gasteiger partial charge in [0.15, 0.2) is 6.29 Å². The van der Waals surface area contributed by atoms with Gasteiger partial charge in [-0.2, -0.15) is 0 Å². The number of aldehydes is 1. The van der Waals surface area contributed by atoms with Crippen molar-refractivity contribution in [1.29, 1.82) is 0 Å². The third-order valence-electron chi connectivity index (χ3n) is 4.57. The largest absolute Gasteiger partial charge is 0.361 e. The molecule has 0 atom stereocenters. The first-order chi connectivity index (χ1) is 14.4. The molecule has 0 saturated heterocycles. The van der Waals surface area contributed by atoms with Crippen LogP contribution in [0.4, 0.5) is 4.39 Å². The Kier molecular flexibility index (Phi) is 8.42. The van der Waals surface area contributed by atoms with E-state index in [2.05, 4.69) is 21.6 Å². The molecule has 0 aliphatic carbocycles. The second kappa shape index (κ2) is 10.8. The molecule has 0 fully saturated rings. The molecular weight excluding hydrogens is 381 g/mol. The molecule has 0 saturated carbocycles. The molecule has 5 nitrogen and oxygen atoms in total. The lowest BCUT2D eigenvalue weighted by Crippen LogP contribution is -2.33. The summed E-state index contributed by atoms with van der Waals surface area (Å²) in [5.74, 6) is 0.253. The molecule has 1 aromatic carbocycles. The summed E-state index contributed by atoms with van der Waals surface area (Å²) in [5, 5.41) is 3.92. The molecule has 2 aromatic rings. The maximum atomic E-state index is 14.6. The van der Waals surface area contributed by atoms with Crippen molar-refractivity contribution in [2.45, 2.75) is 47.6 Å². The van der Waals surface area contributed by atoms with Crippen molar-refractivity contribution < 1.29 is 14.0 Å². The molecule has 3 rings (SSSR count). The number of aromatic nitrogens is 1. The van der Waals surface area contributed by atoms with Crippen LogP contribution in [0, 0.1) is 12.7 Å². The molecule has 0 unspecified atom stereocenters. The smallest absolute Gasteiger partial charge is 0.168 e. The lowest BCUT2D eigenvalue weighted by Gasteiger charge is -2.29. The highest BCUT2D eigenvalue weighted by Gasteiger charge is 2.23. The lowest BCUT2D eigenvalue weighted by molar-refractivity contribution is 0.111. The summed E-state index contributed by atoms with van der Waals surface area (Å²) in [6.45, 7) is 15.2. The minimum atomic E-state index is -0.290. The van der Waals surface area contributed by atoms with Gasteiger partial charge in [-0.15, -0.1) is 0 Å². The van der Waals surface area contributed by atoms with Crippen molar-refractivity contribution in [2.75, 3.05) is 13.1 Å². The molecule has 160 valence electrons. The number of rotatable bonds is 6. The molecule has 0 N–H and O–H groups in total. The molecule has 0 spiro atoms. The molecule has 0 radical (unpaired) electrons. The van der Waals surface area contributed by atoms with Gasteiger partial charge in [-0.25, -0.2) is 9.37 Å². The highest BCUT2D eigenvalue weighted by molar-refractivity contribution is 5.79. The Hall–Kier alpha value is -2.86. The van der Waals surface area contributed by atoms with Gasteiger partial charge >= 0.3 is 0 Å². The lowest BCUT2D eigenvalue weighted by atomic mass is 9.92. The van der Waals surface area contributed by atoms with E-state index in [1.54, 1.807) is 12.1 Å². The van der Waals surface area contributed by atoms with E-state index in [0.29, 0.717) is 42.8 Å². The number of pyridine rings is 1. The Balaban J connectivity index is 0.00000155. The quantitative estimate of drug-likeness (QED) is 0.279. The van der Waals surface area contributed by atoms with E-state index >= 15 is 0 Å². The maximum absolute atomic E-state index is 14.6. The highest BCUT2D eigenvalue weighted by Crippen LogP contribution is 2.32. The predicted molar refractivity (Wildman–Crippen MR) is 119 cm³/mol. The zero-order valence-electron chi connectivity index (χ0n) is 18.5. The van der Waals surface area contributed by atoms with E-state index in [4.69, 9.17) is 4.84 Å². The van der Waals surface area contributed by atoms with Crippen molar-refractivity contribution in [3.8, 4) is 11.1 Å². The van der Waals surface area contributed by atoms with Gasteiger partial charge in [-0.1, -0.05) is 37.7 Å². The van der Waals surface area contributed by atoms with E-state index in [0.717, 1.165) is 34.6 Å². The van der Waals surface area contributed by atoms with Gasteiger partial charge in [0.2, 0.25) is 0 Å². The summed E-state index contributed by atoms with van der Waals surface area (Å²) in [5.41, 5.74) is 4.98. The summed E-state index contributed by atoms with van der Waals surface area (Å²) in [6, 6.07) is 6.83. The fraction of sp³-hybridized carbons (Fsp3) is 0.375. The Morgan fingerprint density at radius 1 is 1.30 bits per heavy atom. The number of aryl methyl sites for hydroxylation is 1. The monoisotopic (exact) mass is 411 g/mol. The normalized spacial score (nSPS) is 12.9. The number of hydrogen-bond acceptors (Lipinski definition) is 5. The zero-order valence-corrected chi connectivity index (χ0v) is 18.5. The van der Waals surface area contributed by atoms with Crippen LogP contribution in [0.25, 0.3) is 11.1 Å². The fourth-order valence-corrected chi connectivity index (χ4v) is 3.32. The molecule has 1 aromatic heterocycles. The second-order valence-electron chi connectivity index (χ2n) is 7.25. The molecule has 1 aliphatic rings. The number of carbonyl (C=O) groups is 1. The van der Waals surface area contributed by atoms with Crippen molar-refractivity contribution in [3.63, 3.8) is 0 Å². The third-order valence-corrected chi connectivity index (χ3v) is 4.57. The van der Waals surface area contributed by atoms with E-state index in [1.165, 1.54) is 6.07 Å². The molecule has 1 aliphatic heterocycles. The van der Waals surface area contributed by atoms with Gasteiger partial charge in [0.1, 0.15) is 17.3 Å². The average Bonchev–Trinajstić information content (AvgIpc) is 2.73. The Labute approximate surface area is 178 Å². The van der Waals surface area contributed by atoms with E-state index in [1.807, 2.05) is 40.7 Å². The summed E-state index contributed by atoms with van der Waals surface area (Å²) < 4.78 is 14.6. The average molecular weight is 412 g/mol. The number of nitrogens with zero attached hydrogens (tertiary/aromatic N) is 3. The van der Waals surface area contributed by atoms with Crippen LogP contribution in [0.15, 0.2) is 41.8 Å². The van der Waals surface area contributed by atoms with Gasteiger partial charge in [-0.05, 0) is 56.0 Å². The van der Waals surface area contributed by atoms with Crippen LogP contribution in [0.3, 0.4) is 0 Å². The van der Waals surface area contributed by atoms with Crippen molar-refractivity contribution in [3.05, 3.63) is 64.9 Å². The van der Waals surface area contributed by atoms with Gasteiger partial charge in [0, 0.05) is 18.7 Å². The standard InChI is InChI=1S/C22H24FN3O2.C2H6/c1-14(2)25-28-16(4)11-26-8-7-19-20(10-17(13-27)24-22(19)12-26)18-6-5-15(3)9-21(18)23;1-2/h5-6,9-10,13H,4,7-8,11-12H2,1-3H3;1-2H3. The first-order valence-electron chi connectivity index (χ1n) is 10.2. The second-order valence-corrected chi connectivity index (χ2v) is 7.25. The molecule has 2 heterocycles. The van der Waals surface area contributed by atoms with Crippen LogP contribution >= 0.6 is 0 Å². The summed E-state index contributed by atoms with van der Waals surface area (Å²) in [6.07, 6.45) is 1.41. The number of fused-ring (bicyclic) bond motifs is 1. The number of oxime groups is 1. The van der Waals surface area contributed by atoms with Crippen LogP contribution in [0.2, 0.25) is 0 Å². The minimum Gasteiger partial charge on any atom is -0.361 e. The van der Waals surface area contributed by atoms with Crippen LogP contribution in [-0.2, 0) is 17.8 Å². The van der Waals surface area contributed by atoms with Crippen LogP contribution in [-0.4, -0.2) is 35.0 Å². The Morgan fingerprint density at radius 2 is 2.03 bits per heavy atom. The summed E-state index contributed by atoms with van der Waals surface area (Å²) in [7, 11) is 0. The molecule has 30 heavy (non-hydrogen) atoms. The van der Waals surface area contributed by atoms with Crippen molar-refractivity contribution >= 4 is 12.0 Å². The SMILES string of the molecule is C=C(CN1CCc2c(-c3ccc(C)cc3F)cc(C=O)nc2C1)ON=C(C)C.CC. The van der Waals surface area contributed by atoms with E-state index in [-0.39, 0.29) is 5.82 Å². The number of hydrogen-bond donors (Lipinski definition) is 0. The molecule has 0 amide bonds. The molecular formula is C24H30FN3O2. The fourth-order valence-electron chi connectivity index (χ4n) is 3.32. The summed E-state index contributed by atoms with van der Waals surface area (Å²) in [4.78, 5) is 23.3. The predicted octanol–water partition coefficient (Wildman–Crippen LogP) is 5.32. The maximum Gasteiger partial charge on any atom is 0.168 e. The van der Waals surface area contributed by atoms with Crippen molar-refractivity contribution in [1.82, 2.24) is 9.88 Å². The van der Waals surface area contributed by atoms with E-state index < -0.39 is 0 Å². The Morgan fingerprint density at radius 3 is 2.67 bits per heavy atom. The van der Waals surface area contributed by atoms with Gasteiger partial charge in [-0.3, -0.25) is 9.69 Å². The van der Waals surface area contributed by atoms with Gasteiger partial charge in [0.05, 0.1) is 18.0 Å². The molecule has 0 bridgehead atoms. The first kappa shape index (κ1) is 23.4. The first-order valence-corrected chi connectivity index (χ1v) is 10.2. The highest BCUT2D eigenvalue weighted by atomic mass is 19.1. The van der Waals surface area contributed by atoms with Gasteiger partial charge < -0.3 is 4.84 Å². The Bertz CT molecular complexity index is 950. The summed E-state index contributed by atoms with van der Waals surface area (Å²) >= 11 is 0. The van der Waals surface area contributed by atoms with Crippen LogP contribution in [0.5, 0.6) is 0 Å². The topological polar surface area (TPSA) is 54.8 Å². The third kappa shape index (κ3) is 5.83. The minimum absolute atomic E-state index is 0.290.